The van der Waals surface area contributed by atoms with Crippen LogP contribution in [0.25, 0.3) is 0 Å². The number of aromatic nitrogens is 1. The van der Waals surface area contributed by atoms with E-state index in [0.29, 0.717) is 6.04 Å². The number of rotatable bonds is 1. The maximum atomic E-state index is 3.45. The Bertz CT molecular complexity index is 275. The van der Waals surface area contributed by atoms with Crippen LogP contribution in [-0.4, -0.2) is 11.1 Å². The van der Waals surface area contributed by atoms with Gasteiger partial charge in [-0.25, -0.2) is 0 Å². The summed E-state index contributed by atoms with van der Waals surface area (Å²) >= 11 is 0. The molecule has 2 rings (SSSR count). The third kappa shape index (κ3) is 1.07. The summed E-state index contributed by atoms with van der Waals surface area (Å²) in [4.78, 5) is 0. The quantitative estimate of drug-likeness (QED) is 0.668. The summed E-state index contributed by atoms with van der Waals surface area (Å²) in [5.41, 5.74) is 2.91. The van der Waals surface area contributed by atoms with Crippen LogP contribution in [0.15, 0.2) is 12.1 Å². The molecule has 66 valence electrons. The fourth-order valence-electron chi connectivity index (χ4n) is 1.98. The number of aryl methyl sites for hydroxylation is 1. The molecule has 1 N–H and O–H groups in total. The largest absolute Gasteiger partial charge is 0.346 e. The van der Waals surface area contributed by atoms with Crippen LogP contribution in [0.4, 0.5) is 0 Å². The van der Waals surface area contributed by atoms with Crippen molar-refractivity contribution >= 4 is 0 Å². The number of nitrogens with zero attached hydrogens (tertiary/aromatic N) is 1. The minimum Gasteiger partial charge on any atom is -0.346 e. The molecule has 1 aliphatic heterocycles. The molecule has 0 saturated heterocycles. The molecule has 0 aliphatic carbocycles. The third-order valence-electron chi connectivity index (χ3n) is 2.70. The zero-order chi connectivity index (χ0) is 8.55. The van der Waals surface area contributed by atoms with Crippen LogP contribution in [0.3, 0.4) is 0 Å². The van der Waals surface area contributed by atoms with E-state index in [9.17, 15) is 0 Å². The van der Waals surface area contributed by atoms with Gasteiger partial charge in [-0.05, 0) is 25.5 Å². The van der Waals surface area contributed by atoms with Crippen molar-refractivity contribution in [2.75, 3.05) is 6.54 Å². The summed E-state index contributed by atoms with van der Waals surface area (Å²) in [6, 6.07) is 5.02. The van der Waals surface area contributed by atoms with Gasteiger partial charge >= 0.3 is 0 Å². The van der Waals surface area contributed by atoms with Crippen LogP contribution in [0.2, 0.25) is 0 Å². The van der Waals surface area contributed by atoms with Gasteiger partial charge in [0.15, 0.2) is 0 Å². The normalized spacial score (nSPS) is 22.3. The van der Waals surface area contributed by atoms with Gasteiger partial charge in [-0.1, -0.05) is 6.92 Å². The summed E-state index contributed by atoms with van der Waals surface area (Å²) in [5, 5.41) is 3.45. The molecule has 1 aromatic rings. The summed E-state index contributed by atoms with van der Waals surface area (Å²) in [5.74, 6) is 0. The molecular formula is C10H16N2. The van der Waals surface area contributed by atoms with Crippen molar-refractivity contribution in [1.82, 2.24) is 9.88 Å². The molecule has 2 nitrogen and oxygen atoms in total. The van der Waals surface area contributed by atoms with Gasteiger partial charge in [0.05, 0.1) is 0 Å². The van der Waals surface area contributed by atoms with E-state index in [0.717, 1.165) is 19.5 Å². The van der Waals surface area contributed by atoms with E-state index in [-0.39, 0.29) is 0 Å². The maximum Gasteiger partial charge on any atom is 0.0446 e. The van der Waals surface area contributed by atoms with Crippen LogP contribution < -0.4 is 5.32 Å². The molecule has 0 fully saturated rings. The number of hydrogen-bond donors (Lipinski definition) is 1. The van der Waals surface area contributed by atoms with Crippen molar-refractivity contribution in [1.29, 1.82) is 0 Å². The van der Waals surface area contributed by atoms with Gasteiger partial charge in [-0.3, -0.25) is 0 Å². The molecule has 0 amide bonds. The molecule has 1 aliphatic rings. The molecule has 0 bridgehead atoms. The molecule has 2 heterocycles. The lowest BCUT2D eigenvalue weighted by Crippen LogP contribution is -2.31. The van der Waals surface area contributed by atoms with Crippen molar-refractivity contribution in [3.05, 3.63) is 23.5 Å². The van der Waals surface area contributed by atoms with Crippen molar-refractivity contribution in [2.24, 2.45) is 0 Å². The van der Waals surface area contributed by atoms with E-state index in [4.69, 9.17) is 0 Å². The molecule has 1 aromatic heterocycles. The lowest BCUT2D eigenvalue weighted by Gasteiger charge is -2.24. The van der Waals surface area contributed by atoms with Crippen molar-refractivity contribution in [3.8, 4) is 0 Å². The molecule has 0 spiro atoms. The van der Waals surface area contributed by atoms with Gasteiger partial charge < -0.3 is 9.88 Å². The topological polar surface area (TPSA) is 17.0 Å². The van der Waals surface area contributed by atoms with Gasteiger partial charge in [0.2, 0.25) is 0 Å². The first kappa shape index (κ1) is 7.87. The van der Waals surface area contributed by atoms with Gasteiger partial charge in [-0.2, -0.15) is 0 Å². The standard InChI is InChI=1S/C10H16N2/c1-3-9-4-5-10-8(2)11-6-7-12(9)10/h4-5,8,11H,3,6-7H2,1-2H3. The highest BCUT2D eigenvalue weighted by Gasteiger charge is 2.16. The smallest absolute Gasteiger partial charge is 0.0446 e. The zero-order valence-corrected chi connectivity index (χ0v) is 7.80. The monoisotopic (exact) mass is 164 g/mol. The van der Waals surface area contributed by atoms with Gasteiger partial charge in [-0.15, -0.1) is 0 Å². The Morgan fingerprint density at radius 1 is 1.58 bits per heavy atom. The summed E-state index contributed by atoms with van der Waals surface area (Å²) in [7, 11) is 0. The predicted octanol–water partition coefficient (Wildman–Crippen LogP) is 1.71. The van der Waals surface area contributed by atoms with Crippen LogP contribution in [0, 0.1) is 0 Å². The van der Waals surface area contributed by atoms with E-state index in [1.807, 2.05) is 0 Å². The van der Waals surface area contributed by atoms with Crippen molar-refractivity contribution in [3.63, 3.8) is 0 Å². The lowest BCUT2D eigenvalue weighted by atomic mass is 10.2. The Hall–Kier alpha value is -0.760. The molecule has 12 heavy (non-hydrogen) atoms. The average molecular weight is 164 g/mol. The van der Waals surface area contributed by atoms with E-state index in [1.54, 1.807) is 0 Å². The third-order valence-corrected chi connectivity index (χ3v) is 2.70. The van der Waals surface area contributed by atoms with Crippen molar-refractivity contribution in [2.45, 2.75) is 32.9 Å². The SMILES string of the molecule is CCc1ccc2n1CCNC2C. The number of nitrogens with one attached hydrogen (secondary N) is 1. The first-order valence-corrected chi connectivity index (χ1v) is 4.74. The Kier molecular flexibility index (Phi) is 1.93. The van der Waals surface area contributed by atoms with E-state index < -0.39 is 0 Å². The number of hydrogen-bond acceptors (Lipinski definition) is 1. The van der Waals surface area contributed by atoms with Crippen LogP contribution >= 0.6 is 0 Å². The summed E-state index contributed by atoms with van der Waals surface area (Å²) < 4.78 is 2.45. The van der Waals surface area contributed by atoms with Gasteiger partial charge in [0, 0.05) is 30.5 Å². The molecule has 1 unspecified atom stereocenters. The van der Waals surface area contributed by atoms with Crippen LogP contribution in [0.1, 0.15) is 31.3 Å². The average Bonchev–Trinajstić information content (AvgIpc) is 2.49. The Labute approximate surface area is 73.6 Å². The summed E-state index contributed by atoms with van der Waals surface area (Å²) in [6.45, 7) is 6.69. The second kappa shape index (κ2) is 2.94. The second-order valence-corrected chi connectivity index (χ2v) is 3.43. The van der Waals surface area contributed by atoms with Crippen LogP contribution in [0.5, 0.6) is 0 Å². The predicted molar refractivity (Wildman–Crippen MR) is 50.2 cm³/mol. The molecule has 0 saturated carbocycles. The minimum atomic E-state index is 0.527. The second-order valence-electron chi connectivity index (χ2n) is 3.43. The Morgan fingerprint density at radius 3 is 3.17 bits per heavy atom. The zero-order valence-electron chi connectivity index (χ0n) is 7.80. The van der Waals surface area contributed by atoms with E-state index in [2.05, 4.69) is 35.9 Å². The highest BCUT2D eigenvalue weighted by Crippen LogP contribution is 2.20. The summed E-state index contributed by atoms with van der Waals surface area (Å²) in [6.07, 6.45) is 1.15. The van der Waals surface area contributed by atoms with Gasteiger partial charge in [0.1, 0.15) is 0 Å². The highest BCUT2D eigenvalue weighted by molar-refractivity contribution is 5.20. The first-order valence-electron chi connectivity index (χ1n) is 4.74. The molecular weight excluding hydrogens is 148 g/mol. The van der Waals surface area contributed by atoms with Crippen LogP contribution in [-0.2, 0) is 13.0 Å². The van der Waals surface area contributed by atoms with Crippen molar-refractivity contribution < 1.29 is 0 Å². The lowest BCUT2D eigenvalue weighted by molar-refractivity contribution is 0.441. The minimum absolute atomic E-state index is 0.527. The molecule has 2 heteroatoms. The molecule has 0 aromatic carbocycles. The van der Waals surface area contributed by atoms with E-state index in [1.165, 1.54) is 11.4 Å². The van der Waals surface area contributed by atoms with E-state index >= 15 is 0 Å². The van der Waals surface area contributed by atoms with Gasteiger partial charge in [0.25, 0.3) is 0 Å². The fraction of sp³-hybridized carbons (Fsp3) is 0.600. The molecule has 0 radical (unpaired) electrons. The fourth-order valence-corrected chi connectivity index (χ4v) is 1.98. The molecule has 1 atom stereocenters. The highest BCUT2D eigenvalue weighted by atomic mass is 15.1. The number of fused-ring (bicyclic) bond motifs is 1. The first-order chi connectivity index (χ1) is 5.83. The Morgan fingerprint density at radius 2 is 2.42 bits per heavy atom. The maximum absolute atomic E-state index is 3.45. The Balaban J connectivity index is 2.41.